The van der Waals surface area contributed by atoms with Crippen LogP contribution in [0.4, 0.5) is 0 Å². The number of carbonyl (C=O) groups is 1. The standard InChI is InChI=1S/C21H23N3O5S/c1-11-17-20(23-16-6-5-7-24(16)21(17)26)30-18(11)19(25)22-10-12-8-14(28-3)15(29-4)9-13(12)27-2/h8-9H,5-7,10H2,1-4H3,(H,22,25). The Morgan fingerprint density at radius 1 is 1.17 bits per heavy atom. The summed E-state index contributed by atoms with van der Waals surface area (Å²) >= 11 is 1.26. The second kappa shape index (κ2) is 7.98. The Hall–Kier alpha value is -3.07. The molecule has 0 radical (unpaired) electrons. The molecule has 1 amide bonds. The summed E-state index contributed by atoms with van der Waals surface area (Å²) in [4.78, 5) is 31.5. The molecular weight excluding hydrogens is 406 g/mol. The molecule has 1 aliphatic heterocycles. The molecule has 0 unspecified atom stereocenters. The van der Waals surface area contributed by atoms with E-state index < -0.39 is 0 Å². The van der Waals surface area contributed by atoms with Gasteiger partial charge in [-0.15, -0.1) is 11.3 Å². The van der Waals surface area contributed by atoms with Gasteiger partial charge in [-0.3, -0.25) is 14.2 Å². The van der Waals surface area contributed by atoms with Crippen molar-refractivity contribution < 1.29 is 19.0 Å². The SMILES string of the molecule is COc1cc(OC)c(OC)cc1CNC(=O)c1sc2nc3n(c(=O)c2c1C)CCC3. The van der Waals surface area contributed by atoms with Gasteiger partial charge in [0.25, 0.3) is 11.5 Å². The van der Waals surface area contributed by atoms with Crippen molar-refractivity contribution in [3.05, 3.63) is 44.3 Å². The molecule has 8 nitrogen and oxygen atoms in total. The number of methoxy groups -OCH3 is 3. The molecule has 1 N–H and O–H groups in total. The van der Waals surface area contributed by atoms with Gasteiger partial charge >= 0.3 is 0 Å². The minimum atomic E-state index is -0.253. The predicted molar refractivity (Wildman–Crippen MR) is 114 cm³/mol. The minimum absolute atomic E-state index is 0.0538. The Bertz CT molecular complexity index is 1200. The molecule has 0 bridgehead atoms. The summed E-state index contributed by atoms with van der Waals surface area (Å²) in [6.07, 6.45) is 1.72. The molecule has 0 atom stereocenters. The maximum Gasteiger partial charge on any atom is 0.262 e. The third-order valence-corrected chi connectivity index (χ3v) is 6.53. The van der Waals surface area contributed by atoms with Crippen LogP contribution in [0.3, 0.4) is 0 Å². The monoisotopic (exact) mass is 429 g/mol. The first-order valence-electron chi connectivity index (χ1n) is 9.58. The summed E-state index contributed by atoms with van der Waals surface area (Å²) in [7, 11) is 4.66. The van der Waals surface area contributed by atoms with Gasteiger partial charge < -0.3 is 19.5 Å². The summed E-state index contributed by atoms with van der Waals surface area (Å²) in [5, 5.41) is 3.46. The van der Waals surface area contributed by atoms with E-state index in [1.165, 1.54) is 11.3 Å². The maximum atomic E-state index is 12.9. The smallest absolute Gasteiger partial charge is 0.262 e. The molecule has 0 spiro atoms. The first-order chi connectivity index (χ1) is 14.5. The topological polar surface area (TPSA) is 91.7 Å². The third-order valence-electron chi connectivity index (χ3n) is 5.34. The van der Waals surface area contributed by atoms with Crippen molar-refractivity contribution in [3.8, 4) is 17.2 Å². The van der Waals surface area contributed by atoms with Crippen LogP contribution < -0.4 is 25.1 Å². The van der Waals surface area contributed by atoms with E-state index in [0.717, 1.165) is 24.2 Å². The lowest BCUT2D eigenvalue weighted by atomic mass is 10.1. The van der Waals surface area contributed by atoms with E-state index in [1.807, 2.05) is 0 Å². The maximum absolute atomic E-state index is 12.9. The lowest BCUT2D eigenvalue weighted by Gasteiger charge is -2.14. The normalized spacial score (nSPS) is 12.7. The van der Waals surface area contributed by atoms with E-state index in [-0.39, 0.29) is 18.0 Å². The minimum Gasteiger partial charge on any atom is -0.496 e. The number of fused-ring (bicyclic) bond motifs is 2. The molecule has 3 aromatic rings. The fourth-order valence-electron chi connectivity index (χ4n) is 3.78. The van der Waals surface area contributed by atoms with Crippen LogP contribution in [-0.2, 0) is 19.5 Å². The molecular formula is C21H23N3O5S. The van der Waals surface area contributed by atoms with E-state index in [1.54, 1.807) is 45.0 Å². The van der Waals surface area contributed by atoms with Gasteiger partial charge in [0, 0.05) is 31.1 Å². The Labute approximate surface area is 177 Å². The number of benzene rings is 1. The molecule has 0 fully saturated rings. The molecule has 9 heteroatoms. The lowest BCUT2D eigenvalue weighted by Crippen LogP contribution is -2.23. The second-order valence-corrected chi connectivity index (χ2v) is 8.03. The van der Waals surface area contributed by atoms with Crippen LogP contribution in [0.25, 0.3) is 10.2 Å². The van der Waals surface area contributed by atoms with Gasteiger partial charge in [0.1, 0.15) is 16.4 Å². The number of ether oxygens (including phenoxy) is 3. The number of hydrogen-bond acceptors (Lipinski definition) is 7. The molecule has 0 aliphatic carbocycles. The van der Waals surface area contributed by atoms with Gasteiger partial charge in [0.05, 0.1) is 31.6 Å². The zero-order chi connectivity index (χ0) is 21.4. The average molecular weight is 429 g/mol. The van der Waals surface area contributed by atoms with Crippen LogP contribution in [0.2, 0.25) is 0 Å². The molecule has 30 heavy (non-hydrogen) atoms. The second-order valence-electron chi connectivity index (χ2n) is 7.03. The van der Waals surface area contributed by atoms with E-state index >= 15 is 0 Å². The van der Waals surface area contributed by atoms with Crippen molar-refractivity contribution in [1.29, 1.82) is 0 Å². The van der Waals surface area contributed by atoms with Gasteiger partial charge in [-0.1, -0.05) is 0 Å². The molecule has 4 rings (SSSR count). The molecule has 158 valence electrons. The first kappa shape index (κ1) is 20.2. The number of amides is 1. The van der Waals surface area contributed by atoms with Crippen molar-refractivity contribution in [2.24, 2.45) is 0 Å². The van der Waals surface area contributed by atoms with Crippen LogP contribution in [0.15, 0.2) is 16.9 Å². The zero-order valence-electron chi connectivity index (χ0n) is 17.3. The largest absolute Gasteiger partial charge is 0.496 e. The number of carbonyl (C=O) groups excluding carboxylic acids is 1. The Kier molecular flexibility index (Phi) is 5.38. The van der Waals surface area contributed by atoms with Gasteiger partial charge in [0.15, 0.2) is 11.5 Å². The molecule has 0 saturated heterocycles. The highest BCUT2D eigenvalue weighted by molar-refractivity contribution is 7.20. The van der Waals surface area contributed by atoms with Crippen molar-refractivity contribution in [1.82, 2.24) is 14.9 Å². The highest BCUT2D eigenvalue weighted by Gasteiger charge is 2.23. The quantitative estimate of drug-likeness (QED) is 0.648. The zero-order valence-corrected chi connectivity index (χ0v) is 18.1. The van der Waals surface area contributed by atoms with Crippen molar-refractivity contribution in [3.63, 3.8) is 0 Å². The number of aryl methyl sites for hydroxylation is 2. The summed E-state index contributed by atoms with van der Waals surface area (Å²) in [6.45, 7) is 2.72. The van der Waals surface area contributed by atoms with E-state index in [2.05, 4.69) is 10.3 Å². The number of rotatable bonds is 6. The Morgan fingerprint density at radius 3 is 2.57 bits per heavy atom. The van der Waals surface area contributed by atoms with Crippen LogP contribution in [0.5, 0.6) is 17.2 Å². The number of aromatic nitrogens is 2. The first-order valence-corrected chi connectivity index (χ1v) is 10.4. The lowest BCUT2D eigenvalue weighted by molar-refractivity contribution is 0.0954. The average Bonchev–Trinajstić information content (AvgIpc) is 3.36. The molecule has 3 heterocycles. The number of thiophene rings is 1. The summed E-state index contributed by atoms with van der Waals surface area (Å²) in [5.74, 6) is 2.22. The van der Waals surface area contributed by atoms with Crippen molar-refractivity contribution in [2.75, 3.05) is 21.3 Å². The van der Waals surface area contributed by atoms with E-state index in [4.69, 9.17) is 14.2 Å². The molecule has 1 aliphatic rings. The van der Waals surface area contributed by atoms with Crippen LogP contribution >= 0.6 is 11.3 Å². The van der Waals surface area contributed by atoms with Gasteiger partial charge in [-0.25, -0.2) is 4.98 Å². The molecule has 1 aromatic carbocycles. The van der Waals surface area contributed by atoms with Crippen LogP contribution in [0, 0.1) is 6.92 Å². The summed E-state index contributed by atoms with van der Waals surface area (Å²) in [5.41, 5.74) is 1.37. The summed E-state index contributed by atoms with van der Waals surface area (Å²) < 4.78 is 17.8. The number of nitrogens with one attached hydrogen (secondary N) is 1. The summed E-state index contributed by atoms with van der Waals surface area (Å²) in [6, 6.07) is 3.49. The highest BCUT2D eigenvalue weighted by Crippen LogP contribution is 2.35. The fourth-order valence-corrected chi connectivity index (χ4v) is 4.89. The van der Waals surface area contributed by atoms with Gasteiger partial charge in [-0.05, 0) is 25.0 Å². The Morgan fingerprint density at radius 2 is 1.87 bits per heavy atom. The predicted octanol–water partition coefficient (Wildman–Crippen LogP) is 2.67. The van der Waals surface area contributed by atoms with Gasteiger partial charge in [0.2, 0.25) is 0 Å². The fraction of sp³-hybridized carbons (Fsp3) is 0.381. The van der Waals surface area contributed by atoms with E-state index in [0.29, 0.717) is 44.5 Å². The Balaban J connectivity index is 1.62. The number of nitrogens with zero attached hydrogens (tertiary/aromatic N) is 2. The number of hydrogen-bond donors (Lipinski definition) is 1. The van der Waals surface area contributed by atoms with Crippen LogP contribution in [-0.4, -0.2) is 36.8 Å². The molecule has 2 aromatic heterocycles. The van der Waals surface area contributed by atoms with E-state index in [9.17, 15) is 9.59 Å². The third kappa shape index (κ3) is 3.28. The van der Waals surface area contributed by atoms with Crippen LogP contribution in [0.1, 0.15) is 33.0 Å². The molecule has 0 saturated carbocycles. The van der Waals surface area contributed by atoms with Crippen molar-refractivity contribution >= 4 is 27.5 Å². The highest BCUT2D eigenvalue weighted by atomic mass is 32.1. The van der Waals surface area contributed by atoms with Gasteiger partial charge in [-0.2, -0.15) is 0 Å². The van der Waals surface area contributed by atoms with Crippen molar-refractivity contribution in [2.45, 2.75) is 32.9 Å².